The molecule has 11 heteroatoms. The Morgan fingerprint density at radius 3 is 2.15 bits per heavy atom. The Morgan fingerprint density at radius 2 is 1.67 bits per heavy atom. The quantitative estimate of drug-likeness (QED) is 0.659. The molecule has 158 valence electrons. The number of ether oxygens (including phenoxy) is 1. The fourth-order valence-corrected chi connectivity index (χ4v) is 2.99. The molecule has 0 spiro atoms. The third kappa shape index (κ3) is 7.56. The lowest BCUT2D eigenvalue weighted by Gasteiger charge is -2.36. The molecular weight excluding hydrogens is 421 g/mol. The summed E-state index contributed by atoms with van der Waals surface area (Å²) in [5.74, 6) is -0.0412. The van der Waals surface area contributed by atoms with Crippen LogP contribution in [0.4, 0.5) is 26.3 Å². The van der Waals surface area contributed by atoms with E-state index in [1.807, 2.05) is 4.90 Å². The van der Waals surface area contributed by atoms with E-state index in [1.54, 1.807) is 0 Å². The second-order valence-corrected chi connectivity index (χ2v) is 5.91. The van der Waals surface area contributed by atoms with Gasteiger partial charge in [0.1, 0.15) is 5.75 Å². The number of nitrogens with one attached hydrogen (secondary N) is 1. The summed E-state index contributed by atoms with van der Waals surface area (Å²) in [4.78, 5) is 1.85. The number of hydrogen-bond acceptors (Lipinski definition) is 3. The van der Waals surface area contributed by atoms with Crippen LogP contribution in [0.25, 0.3) is 0 Å². The zero-order valence-corrected chi connectivity index (χ0v) is 16.1. The second kappa shape index (κ2) is 10.6. The van der Waals surface area contributed by atoms with Gasteiger partial charge in [-0.15, -0.1) is 24.8 Å². The van der Waals surface area contributed by atoms with Crippen molar-refractivity contribution in [1.29, 1.82) is 0 Å². The maximum absolute atomic E-state index is 12.9. The van der Waals surface area contributed by atoms with Crippen LogP contribution >= 0.6 is 24.8 Å². The molecular formula is C16H22Cl2F6N2O. The molecule has 1 heterocycles. The minimum atomic E-state index is -4.54. The van der Waals surface area contributed by atoms with Gasteiger partial charge in [-0.25, -0.2) is 0 Å². The molecule has 0 unspecified atom stereocenters. The molecule has 3 nitrogen and oxygen atoms in total. The number of methoxy groups -OCH3 is 1. The van der Waals surface area contributed by atoms with E-state index in [1.165, 1.54) is 13.2 Å². The van der Waals surface area contributed by atoms with Crippen LogP contribution in [0.2, 0.25) is 0 Å². The molecule has 1 aliphatic rings. The molecule has 27 heavy (non-hydrogen) atoms. The zero-order valence-electron chi connectivity index (χ0n) is 14.5. The molecule has 1 saturated heterocycles. The van der Waals surface area contributed by atoms with Gasteiger partial charge in [0.2, 0.25) is 0 Å². The molecule has 1 aliphatic heterocycles. The Labute approximate surface area is 166 Å². The van der Waals surface area contributed by atoms with Gasteiger partial charge in [0.05, 0.1) is 12.7 Å². The molecule has 0 radical (unpaired) electrons. The van der Waals surface area contributed by atoms with Gasteiger partial charge in [0, 0.05) is 44.2 Å². The number of piperazine rings is 1. The van der Waals surface area contributed by atoms with Crippen molar-refractivity contribution < 1.29 is 31.1 Å². The summed E-state index contributed by atoms with van der Waals surface area (Å²) >= 11 is 0. The Kier molecular flexibility index (Phi) is 10.2. The minimum Gasteiger partial charge on any atom is -0.496 e. The van der Waals surface area contributed by atoms with Gasteiger partial charge >= 0.3 is 12.4 Å². The predicted molar refractivity (Wildman–Crippen MR) is 95.0 cm³/mol. The van der Waals surface area contributed by atoms with Gasteiger partial charge in [-0.3, -0.25) is 4.90 Å². The average Bonchev–Trinajstić information content (AvgIpc) is 2.54. The van der Waals surface area contributed by atoms with Crippen LogP contribution in [0.15, 0.2) is 18.2 Å². The summed E-state index contributed by atoms with van der Waals surface area (Å²) in [6.07, 6.45) is -10.1. The summed E-state index contributed by atoms with van der Waals surface area (Å²) < 4.78 is 81.8. The SMILES string of the molecule is COc1cc(C(F)(F)F)ccc1[C@H](CCC(F)(F)F)N1CCNCC1.Cl.Cl. The van der Waals surface area contributed by atoms with Crippen LogP contribution in [0.5, 0.6) is 5.75 Å². The van der Waals surface area contributed by atoms with Gasteiger partial charge < -0.3 is 10.1 Å². The zero-order chi connectivity index (χ0) is 18.7. The number of rotatable bonds is 5. The van der Waals surface area contributed by atoms with E-state index >= 15 is 0 Å². The van der Waals surface area contributed by atoms with E-state index in [4.69, 9.17) is 4.74 Å². The topological polar surface area (TPSA) is 24.5 Å². The van der Waals surface area contributed by atoms with E-state index in [2.05, 4.69) is 5.32 Å². The van der Waals surface area contributed by atoms with Gasteiger partial charge in [-0.1, -0.05) is 6.07 Å². The molecule has 0 bridgehead atoms. The Bertz CT molecular complexity index is 577. The first-order valence-electron chi connectivity index (χ1n) is 7.88. The highest BCUT2D eigenvalue weighted by atomic mass is 35.5. The van der Waals surface area contributed by atoms with Crippen LogP contribution in [-0.4, -0.2) is 44.4 Å². The van der Waals surface area contributed by atoms with Crippen molar-refractivity contribution in [2.75, 3.05) is 33.3 Å². The average molecular weight is 443 g/mol. The monoisotopic (exact) mass is 442 g/mol. The van der Waals surface area contributed by atoms with Crippen molar-refractivity contribution in [2.45, 2.75) is 31.2 Å². The van der Waals surface area contributed by atoms with E-state index in [0.29, 0.717) is 31.7 Å². The summed E-state index contributed by atoms with van der Waals surface area (Å²) in [5.41, 5.74) is -0.537. The van der Waals surface area contributed by atoms with Gasteiger partial charge in [0.15, 0.2) is 0 Å². The van der Waals surface area contributed by atoms with Crippen molar-refractivity contribution >= 4 is 24.8 Å². The number of benzene rings is 1. The van der Waals surface area contributed by atoms with E-state index in [-0.39, 0.29) is 37.0 Å². The maximum atomic E-state index is 12.9. The summed E-state index contributed by atoms with van der Waals surface area (Å²) in [6, 6.07) is 2.31. The molecule has 0 aromatic heterocycles. The van der Waals surface area contributed by atoms with E-state index < -0.39 is 30.4 Å². The lowest BCUT2D eigenvalue weighted by molar-refractivity contribution is -0.138. The third-order valence-corrected chi connectivity index (χ3v) is 4.21. The normalized spacial score (nSPS) is 16.9. The lowest BCUT2D eigenvalue weighted by Crippen LogP contribution is -2.45. The van der Waals surface area contributed by atoms with Crippen LogP contribution in [-0.2, 0) is 6.18 Å². The summed E-state index contributed by atoms with van der Waals surface area (Å²) in [5, 5.41) is 3.11. The molecule has 1 fully saturated rings. The van der Waals surface area contributed by atoms with Crippen LogP contribution in [0.1, 0.15) is 30.0 Å². The van der Waals surface area contributed by atoms with Crippen molar-refractivity contribution in [2.24, 2.45) is 0 Å². The molecule has 0 saturated carbocycles. The van der Waals surface area contributed by atoms with Gasteiger partial charge in [-0.2, -0.15) is 26.3 Å². The molecule has 1 atom stereocenters. The Morgan fingerprint density at radius 1 is 1.07 bits per heavy atom. The predicted octanol–water partition coefficient (Wildman–Crippen LogP) is 4.85. The third-order valence-electron chi connectivity index (χ3n) is 4.21. The van der Waals surface area contributed by atoms with Crippen LogP contribution in [0, 0.1) is 0 Å². The van der Waals surface area contributed by atoms with Crippen molar-refractivity contribution in [3.8, 4) is 5.75 Å². The van der Waals surface area contributed by atoms with Crippen LogP contribution < -0.4 is 10.1 Å². The smallest absolute Gasteiger partial charge is 0.416 e. The standard InChI is InChI=1S/C16H20F6N2O.2ClH/c1-25-14-10-11(16(20,21)22)2-3-12(14)13(4-5-15(17,18)19)24-8-6-23-7-9-24;;/h2-3,10,13,23H,4-9H2,1H3;2*1H/t13-;;/m0../s1. The second-order valence-electron chi connectivity index (χ2n) is 5.91. The highest BCUT2D eigenvalue weighted by Crippen LogP contribution is 2.39. The fourth-order valence-electron chi connectivity index (χ4n) is 2.99. The fraction of sp³-hybridized carbons (Fsp3) is 0.625. The first kappa shape index (κ1) is 26.1. The minimum absolute atomic E-state index is 0. The first-order chi connectivity index (χ1) is 11.6. The number of alkyl halides is 6. The molecule has 2 rings (SSSR count). The van der Waals surface area contributed by atoms with Gasteiger partial charge in [0.25, 0.3) is 0 Å². The van der Waals surface area contributed by atoms with Gasteiger partial charge in [-0.05, 0) is 18.6 Å². The number of hydrogen-bond donors (Lipinski definition) is 1. The van der Waals surface area contributed by atoms with Crippen LogP contribution in [0.3, 0.4) is 0 Å². The lowest BCUT2D eigenvalue weighted by atomic mass is 9.96. The highest BCUT2D eigenvalue weighted by molar-refractivity contribution is 5.85. The van der Waals surface area contributed by atoms with E-state index in [0.717, 1.165) is 12.1 Å². The maximum Gasteiger partial charge on any atom is 0.416 e. The summed E-state index contributed by atoms with van der Waals surface area (Å²) in [6.45, 7) is 2.27. The van der Waals surface area contributed by atoms with Crippen molar-refractivity contribution in [1.82, 2.24) is 10.2 Å². The summed E-state index contributed by atoms with van der Waals surface area (Å²) in [7, 11) is 1.22. The Hall–Kier alpha value is -0.900. The number of nitrogens with zero attached hydrogens (tertiary/aromatic N) is 1. The molecule has 1 aromatic rings. The van der Waals surface area contributed by atoms with E-state index in [9.17, 15) is 26.3 Å². The molecule has 1 aromatic carbocycles. The first-order valence-corrected chi connectivity index (χ1v) is 7.88. The Balaban J connectivity index is 0.00000338. The number of halogens is 8. The highest BCUT2D eigenvalue weighted by Gasteiger charge is 2.35. The molecule has 1 N–H and O–H groups in total. The van der Waals surface area contributed by atoms with Crippen molar-refractivity contribution in [3.05, 3.63) is 29.3 Å². The van der Waals surface area contributed by atoms with Crippen molar-refractivity contribution in [3.63, 3.8) is 0 Å². The largest absolute Gasteiger partial charge is 0.496 e. The molecule has 0 amide bonds. The molecule has 0 aliphatic carbocycles.